The van der Waals surface area contributed by atoms with Gasteiger partial charge in [0.05, 0.1) is 0 Å². The zero-order chi connectivity index (χ0) is 10.9. The predicted molar refractivity (Wildman–Crippen MR) is 63.8 cm³/mol. The summed E-state index contributed by atoms with van der Waals surface area (Å²) in [6.07, 6.45) is 8.58. The molecule has 1 aliphatic carbocycles. The molecule has 15 heavy (non-hydrogen) atoms. The molecule has 0 saturated heterocycles. The number of rotatable bonds is 10. The molecule has 1 fully saturated rings. The topological polar surface area (TPSA) is 49.5 Å². The van der Waals surface area contributed by atoms with Gasteiger partial charge in [0.2, 0.25) is 0 Å². The third kappa shape index (κ3) is 6.13. The minimum Gasteiger partial charge on any atom is -0.396 e. The Labute approximate surface area is 93.6 Å². The van der Waals surface area contributed by atoms with Gasteiger partial charge >= 0.3 is 0 Å². The number of nitrogens with zero attached hydrogens (tertiary/aromatic N) is 1. The summed E-state index contributed by atoms with van der Waals surface area (Å²) >= 11 is 0. The highest BCUT2D eigenvalue weighted by Crippen LogP contribution is 2.27. The van der Waals surface area contributed by atoms with Crippen LogP contribution >= 0.6 is 0 Å². The molecule has 0 unspecified atom stereocenters. The van der Waals surface area contributed by atoms with Crippen LogP contribution in [-0.4, -0.2) is 42.3 Å². The molecule has 0 radical (unpaired) electrons. The maximum atomic E-state index is 8.66. The maximum absolute atomic E-state index is 8.66. The van der Waals surface area contributed by atoms with Crippen molar-refractivity contribution in [3.8, 4) is 0 Å². The van der Waals surface area contributed by atoms with E-state index in [1.54, 1.807) is 0 Å². The largest absolute Gasteiger partial charge is 0.396 e. The van der Waals surface area contributed by atoms with E-state index in [0.29, 0.717) is 6.61 Å². The number of hydrogen-bond donors (Lipinski definition) is 2. The summed E-state index contributed by atoms with van der Waals surface area (Å²) in [5.41, 5.74) is 5.54. The van der Waals surface area contributed by atoms with Gasteiger partial charge in [0, 0.05) is 12.6 Å². The average Bonchev–Trinajstić information content (AvgIpc) is 3.06. The second-order valence-electron chi connectivity index (χ2n) is 4.55. The standard InChI is InChI=1S/C12H26N2O/c13-8-5-10-14(12-6-7-12)9-3-1-2-4-11-15/h12,15H,1-11,13H2. The van der Waals surface area contributed by atoms with E-state index in [0.717, 1.165) is 25.4 Å². The second-order valence-corrected chi connectivity index (χ2v) is 4.55. The van der Waals surface area contributed by atoms with Crippen LogP contribution in [-0.2, 0) is 0 Å². The van der Waals surface area contributed by atoms with Crippen molar-refractivity contribution < 1.29 is 5.11 Å². The van der Waals surface area contributed by atoms with Crippen molar-refractivity contribution in [2.24, 2.45) is 5.73 Å². The fourth-order valence-corrected chi connectivity index (χ4v) is 1.99. The monoisotopic (exact) mass is 214 g/mol. The highest BCUT2D eigenvalue weighted by Gasteiger charge is 2.27. The van der Waals surface area contributed by atoms with Crippen LogP contribution < -0.4 is 5.73 Å². The van der Waals surface area contributed by atoms with Crippen molar-refractivity contribution in [1.29, 1.82) is 0 Å². The fourth-order valence-electron chi connectivity index (χ4n) is 1.99. The Morgan fingerprint density at radius 2 is 1.67 bits per heavy atom. The molecule has 3 heteroatoms. The molecule has 0 amide bonds. The smallest absolute Gasteiger partial charge is 0.0431 e. The quantitative estimate of drug-likeness (QED) is 0.540. The summed E-state index contributed by atoms with van der Waals surface area (Å²) in [5, 5.41) is 8.66. The van der Waals surface area contributed by atoms with E-state index >= 15 is 0 Å². The van der Waals surface area contributed by atoms with Gasteiger partial charge in [-0.05, 0) is 51.7 Å². The second kappa shape index (κ2) is 8.08. The highest BCUT2D eigenvalue weighted by molar-refractivity contribution is 4.84. The van der Waals surface area contributed by atoms with Crippen LogP contribution in [0, 0.1) is 0 Å². The lowest BCUT2D eigenvalue weighted by Crippen LogP contribution is -2.29. The van der Waals surface area contributed by atoms with E-state index in [9.17, 15) is 0 Å². The van der Waals surface area contributed by atoms with Gasteiger partial charge in [-0.2, -0.15) is 0 Å². The molecule has 0 bridgehead atoms. The Kier molecular flexibility index (Phi) is 6.98. The van der Waals surface area contributed by atoms with Crippen molar-refractivity contribution >= 4 is 0 Å². The van der Waals surface area contributed by atoms with Crippen molar-refractivity contribution in [2.75, 3.05) is 26.2 Å². The Morgan fingerprint density at radius 1 is 1.00 bits per heavy atom. The summed E-state index contributed by atoms with van der Waals surface area (Å²) in [4.78, 5) is 2.60. The average molecular weight is 214 g/mol. The molecule has 1 rings (SSSR count). The van der Waals surface area contributed by atoms with E-state index in [2.05, 4.69) is 4.90 Å². The third-order valence-corrected chi connectivity index (χ3v) is 3.07. The number of unbranched alkanes of at least 4 members (excludes halogenated alkanes) is 3. The van der Waals surface area contributed by atoms with Crippen LogP contribution in [0.5, 0.6) is 0 Å². The van der Waals surface area contributed by atoms with Gasteiger partial charge in [-0.15, -0.1) is 0 Å². The minimum absolute atomic E-state index is 0.347. The molecule has 0 atom stereocenters. The molecule has 0 aromatic rings. The lowest BCUT2D eigenvalue weighted by Gasteiger charge is -2.21. The Hall–Kier alpha value is -0.120. The highest BCUT2D eigenvalue weighted by atomic mass is 16.2. The van der Waals surface area contributed by atoms with Gasteiger partial charge < -0.3 is 15.7 Å². The molecule has 0 aliphatic heterocycles. The normalized spacial score (nSPS) is 16.2. The predicted octanol–water partition coefficient (Wildman–Crippen LogP) is 1.35. The number of aliphatic hydroxyl groups excluding tert-OH is 1. The van der Waals surface area contributed by atoms with Gasteiger partial charge in [0.1, 0.15) is 0 Å². The molecule has 0 heterocycles. The Bertz CT molecular complexity index is 149. The van der Waals surface area contributed by atoms with Crippen LogP contribution in [0.25, 0.3) is 0 Å². The van der Waals surface area contributed by atoms with Gasteiger partial charge in [-0.1, -0.05) is 12.8 Å². The molecule has 3 nitrogen and oxygen atoms in total. The van der Waals surface area contributed by atoms with E-state index in [4.69, 9.17) is 10.8 Å². The van der Waals surface area contributed by atoms with Crippen molar-refractivity contribution in [3.63, 3.8) is 0 Å². The molecule has 1 saturated carbocycles. The summed E-state index contributed by atoms with van der Waals surface area (Å²) < 4.78 is 0. The molecule has 0 aromatic heterocycles. The number of aliphatic hydroxyl groups is 1. The zero-order valence-corrected chi connectivity index (χ0v) is 9.83. The number of hydrogen-bond acceptors (Lipinski definition) is 3. The van der Waals surface area contributed by atoms with Gasteiger partial charge in [-0.25, -0.2) is 0 Å². The first-order chi connectivity index (χ1) is 7.38. The lowest BCUT2D eigenvalue weighted by atomic mass is 10.2. The van der Waals surface area contributed by atoms with Crippen molar-refractivity contribution in [3.05, 3.63) is 0 Å². The van der Waals surface area contributed by atoms with Crippen LogP contribution in [0.1, 0.15) is 44.9 Å². The molecular weight excluding hydrogens is 188 g/mol. The summed E-state index contributed by atoms with van der Waals surface area (Å²) in [5.74, 6) is 0. The molecule has 0 spiro atoms. The maximum Gasteiger partial charge on any atom is 0.0431 e. The molecule has 1 aliphatic rings. The molecule has 3 N–H and O–H groups in total. The Balaban J connectivity index is 1.98. The molecular formula is C12H26N2O. The first kappa shape index (κ1) is 12.9. The van der Waals surface area contributed by atoms with E-state index in [1.165, 1.54) is 45.2 Å². The molecule has 90 valence electrons. The summed E-state index contributed by atoms with van der Waals surface area (Å²) in [6, 6.07) is 0.870. The van der Waals surface area contributed by atoms with E-state index in [1.807, 2.05) is 0 Å². The van der Waals surface area contributed by atoms with Gasteiger partial charge in [-0.3, -0.25) is 0 Å². The van der Waals surface area contributed by atoms with Gasteiger partial charge in [0.25, 0.3) is 0 Å². The minimum atomic E-state index is 0.347. The van der Waals surface area contributed by atoms with Crippen LogP contribution in [0.3, 0.4) is 0 Å². The Morgan fingerprint density at radius 3 is 2.27 bits per heavy atom. The van der Waals surface area contributed by atoms with Crippen LogP contribution in [0.4, 0.5) is 0 Å². The first-order valence-electron chi connectivity index (χ1n) is 6.43. The van der Waals surface area contributed by atoms with Crippen LogP contribution in [0.15, 0.2) is 0 Å². The fraction of sp³-hybridized carbons (Fsp3) is 1.00. The third-order valence-electron chi connectivity index (χ3n) is 3.07. The first-order valence-corrected chi connectivity index (χ1v) is 6.43. The van der Waals surface area contributed by atoms with E-state index < -0.39 is 0 Å². The number of nitrogens with two attached hydrogens (primary N) is 1. The van der Waals surface area contributed by atoms with Crippen molar-refractivity contribution in [2.45, 2.75) is 51.0 Å². The van der Waals surface area contributed by atoms with Crippen LogP contribution in [0.2, 0.25) is 0 Å². The van der Waals surface area contributed by atoms with Crippen molar-refractivity contribution in [1.82, 2.24) is 4.90 Å². The van der Waals surface area contributed by atoms with E-state index in [-0.39, 0.29) is 0 Å². The van der Waals surface area contributed by atoms with Gasteiger partial charge in [0.15, 0.2) is 0 Å². The zero-order valence-electron chi connectivity index (χ0n) is 9.83. The lowest BCUT2D eigenvalue weighted by molar-refractivity contribution is 0.250. The molecule has 0 aromatic carbocycles. The summed E-state index contributed by atoms with van der Waals surface area (Å²) in [7, 11) is 0. The summed E-state index contributed by atoms with van der Waals surface area (Å²) in [6.45, 7) is 3.57. The SMILES string of the molecule is NCCCN(CCCCCCO)C1CC1.